The summed E-state index contributed by atoms with van der Waals surface area (Å²) in [6, 6.07) is 4.34. The van der Waals surface area contributed by atoms with Crippen molar-refractivity contribution in [2.75, 3.05) is 5.75 Å². The molecule has 3 heteroatoms. The Kier molecular flexibility index (Phi) is 7.96. The van der Waals surface area contributed by atoms with Crippen LogP contribution in [0.4, 0.5) is 0 Å². The summed E-state index contributed by atoms with van der Waals surface area (Å²) in [6.45, 7) is 28.3. The van der Waals surface area contributed by atoms with E-state index in [4.69, 9.17) is 0 Å². The molecule has 0 aliphatic heterocycles. The van der Waals surface area contributed by atoms with Gasteiger partial charge < -0.3 is 10.2 Å². The zero-order valence-electron chi connectivity index (χ0n) is 23.9. The van der Waals surface area contributed by atoms with Crippen LogP contribution < -0.4 is 0 Å². The molecule has 0 fully saturated rings. The molecule has 0 heterocycles. The number of hydrogen-bond acceptors (Lipinski definition) is 3. The van der Waals surface area contributed by atoms with Gasteiger partial charge in [-0.25, -0.2) is 0 Å². The number of benzene rings is 1. The van der Waals surface area contributed by atoms with Crippen LogP contribution in [0.1, 0.15) is 108 Å². The summed E-state index contributed by atoms with van der Waals surface area (Å²) in [5.74, 6) is 1.67. The van der Waals surface area contributed by atoms with Gasteiger partial charge in [0, 0.05) is 11.3 Å². The average Bonchev–Trinajstić information content (AvgIpc) is 2.63. The van der Waals surface area contributed by atoms with Gasteiger partial charge in [0.05, 0.1) is 4.90 Å². The van der Waals surface area contributed by atoms with Gasteiger partial charge in [-0.2, -0.15) is 0 Å². The van der Waals surface area contributed by atoms with Gasteiger partial charge in [-0.05, 0) is 63.4 Å². The summed E-state index contributed by atoms with van der Waals surface area (Å²) in [4.78, 5) is 0.947. The van der Waals surface area contributed by atoms with Crippen molar-refractivity contribution >= 4 is 11.8 Å². The molecule has 1 aliphatic rings. The molecule has 190 valence electrons. The molecule has 0 spiro atoms. The largest absolute Gasteiger partial charge is 0.508 e. The van der Waals surface area contributed by atoms with Gasteiger partial charge >= 0.3 is 0 Å². The van der Waals surface area contributed by atoms with Crippen molar-refractivity contribution in [2.45, 2.75) is 112 Å². The van der Waals surface area contributed by atoms with Crippen LogP contribution in [0.5, 0.6) is 5.75 Å². The molecule has 2 N–H and O–H groups in total. The van der Waals surface area contributed by atoms with Crippen LogP contribution in [0, 0.1) is 10.8 Å². The fourth-order valence-corrected chi connectivity index (χ4v) is 5.21. The van der Waals surface area contributed by atoms with Crippen LogP contribution in [0.2, 0.25) is 0 Å². The Hall–Kier alpha value is -1.61. The summed E-state index contributed by atoms with van der Waals surface area (Å²) in [5, 5.41) is 22.3. The monoisotopic (exact) mass is 484 g/mol. The van der Waals surface area contributed by atoms with E-state index in [9.17, 15) is 10.2 Å². The maximum atomic E-state index is 11.2. The van der Waals surface area contributed by atoms with E-state index in [1.54, 1.807) is 11.8 Å². The highest BCUT2D eigenvalue weighted by Crippen LogP contribution is 2.46. The van der Waals surface area contributed by atoms with Gasteiger partial charge in [0.25, 0.3) is 0 Å². The zero-order valence-corrected chi connectivity index (χ0v) is 24.8. The molecule has 1 aliphatic carbocycles. The third kappa shape index (κ3) is 6.53. The Morgan fingerprint density at radius 2 is 1.35 bits per heavy atom. The highest BCUT2D eigenvalue weighted by molar-refractivity contribution is 7.99. The smallest absolute Gasteiger partial charge is 0.132 e. The topological polar surface area (TPSA) is 40.5 Å². The van der Waals surface area contributed by atoms with E-state index in [1.807, 2.05) is 0 Å². The number of thioether (sulfide) groups is 1. The second kappa shape index (κ2) is 9.45. The molecule has 0 saturated carbocycles. The van der Waals surface area contributed by atoms with Crippen molar-refractivity contribution < 1.29 is 10.2 Å². The van der Waals surface area contributed by atoms with E-state index in [1.165, 1.54) is 16.7 Å². The number of phenolic OH excluding ortho intramolecular Hbond substituents is 1. The van der Waals surface area contributed by atoms with E-state index in [2.05, 4.69) is 108 Å². The molecule has 0 radical (unpaired) electrons. The van der Waals surface area contributed by atoms with Crippen molar-refractivity contribution in [3.63, 3.8) is 0 Å². The third-order valence-corrected chi connectivity index (χ3v) is 7.88. The first-order valence-corrected chi connectivity index (χ1v) is 13.5. The quantitative estimate of drug-likeness (QED) is 0.419. The Bertz CT molecular complexity index is 1020. The van der Waals surface area contributed by atoms with Crippen molar-refractivity contribution in [3.8, 4) is 5.75 Å². The normalized spacial score (nSPS) is 17.7. The second-order valence-electron chi connectivity index (χ2n) is 14.0. The molecule has 0 unspecified atom stereocenters. The Morgan fingerprint density at radius 1 is 0.794 bits per heavy atom. The van der Waals surface area contributed by atoms with Crippen molar-refractivity contribution in [1.29, 1.82) is 0 Å². The first-order chi connectivity index (χ1) is 15.1. The maximum absolute atomic E-state index is 11.2. The minimum Gasteiger partial charge on any atom is -0.508 e. The van der Waals surface area contributed by atoms with Crippen LogP contribution in [-0.2, 0) is 10.8 Å². The number of aliphatic hydroxyl groups excluding tert-OH is 1. The highest BCUT2D eigenvalue weighted by atomic mass is 32.2. The van der Waals surface area contributed by atoms with Crippen LogP contribution in [0.15, 0.2) is 51.2 Å². The summed E-state index contributed by atoms with van der Waals surface area (Å²) >= 11 is 1.71. The van der Waals surface area contributed by atoms with Gasteiger partial charge in [0.2, 0.25) is 0 Å². The van der Waals surface area contributed by atoms with Gasteiger partial charge in [-0.15, -0.1) is 11.8 Å². The summed E-state index contributed by atoms with van der Waals surface area (Å²) < 4.78 is 0. The number of aliphatic hydroxyl groups is 1. The lowest BCUT2D eigenvalue weighted by Crippen LogP contribution is -2.22. The van der Waals surface area contributed by atoms with Gasteiger partial charge in [-0.3, -0.25) is 0 Å². The average molecular weight is 485 g/mol. The number of aromatic hydroxyl groups is 1. The molecule has 2 rings (SSSR count). The predicted molar refractivity (Wildman–Crippen MR) is 150 cm³/mol. The van der Waals surface area contributed by atoms with E-state index >= 15 is 0 Å². The minimum atomic E-state index is -0.138. The fraction of sp³-hybridized carbons (Fsp3) is 0.613. The zero-order chi connectivity index (χ0) is 26.4. The van der Waals surface area contributed by atoms with Crippen molar-refractivity contribution in [3.05, 3.63) is 57.4 Å². The lowest BCUT2D eigenvalue weighted by atomic mass is 9.72. The van der Waals surface area contributed by atoms with E-state index in [0.717, 1.165) is 33.8 Å². The molecule has 0 saturated heterocycles. The minimum absolute atomic E-state index is 0.00810. The van der Waals surface area contributed by atoms with E-state index < -0.39 is 0 Å². The molecule has 0 bridgehead atoms. The number of allylic oxidation sites excluding steroid dienone is 4. The molecule has 0 amide bonds. The van der Waals surface area contributed by atoms with Crippen LogP contribution in [-0.4, -0.2) is 16.0 Å². The molecule has 1 aromatic rings. The van der Waals surface area contributed by atoms with Crippen LogP contribution in [0.3, 0.4) is 0 Å². The van der Waals surface area contributed by atoms with Gasteiger partial charge in [0.15, 0.2) is 0 Å². The second-order valence-corrected chi connectivity index (χ2v) is 15.0. The molecular formula is C31H48O2S. The SMILES string of the molecule is CC(CSc1cc(C(C)(C)C)cc(C(C)(C)C)c1O)=C1C=C(C(C)(C)C)C(O)=C(C(C)(C)C)C1. The summed E-state index contributed by atoms with van der Waals surface area (Å²) in [5.41, 5.74) is 6.57. The fourth-order valence-electron chi connectivity index (χ4n) is 4.20. The molecule has 34 heavy (non-hydrogen) atoms. The van der Waals surface area contributed by atoms with Gasteiger partial charge in [0.1, 0.15) is 11.5 Å². The Balaban J connectivity index is 2.51. The lowest BCUT2D eigenvalue weighted by Gasteiger charge is -2.34. The first kappa shape index (κ1) is 28.6. The Morgan fingerprint density at radius 3 is 1.79 bits per heavy atom. The lowest BCUT2D eigenvalue weighted by molar-refractivity contribution is 0.343. The van der Waals surface area contributed by atoms with Crippen molar-refractivity contribution in [2.24, 2.45) is 10.8 Å². The standard InChI is InChI=1S/C31H48O2S/c1-19(20-14-22(29(5,6)7)26(32)23(15-20)30(8,9)10)18-34-25-17-21(28(2,3)4)16-24(27(25)33)31(11,12)13/h14,16-17,32-33H,15,18H2,1-13H3. The Labute approximate surface area is 213 Å². The molecular weight excluding hydrogens is 436 g/mol. The molecule has 2 nitrogen and oxygen atoms in total. The molecule has 0 atom stereocenters. The predicted octanol–water partition coefficient (Wildman–Crippen LogP) is 9.63. The number of hydrogen-bond donors (Lipinski definition) is 2. The van der Waals surface area contributed by atoms with Crippen LogP contribution in [0.25, 0.3) is 0 Å². The van der Waals surface area contributed by atoms with E-state index in [-0.39, 0.29) is 21.7 Å². The summed E-state index contributed by atoms with van der Waals surface area (Å²) in [6.07, 6.45) is 2.97. The van der Waals surface area contributed by atoms with Gasteiger partial charge in [-0.1, -0.05) is 101 Å². The van der Waals surface area contributed by atoms with Crippen molar-refractivity contribution in [1.82, 2.24) is 0 Å². The molecule has 1 aromatic carbocycles. The summed E-state index contributed by atoms with van der Waals surface area (Å²) in [7, 11) is 0. The number of rotatable bonds is 3. The maximum Gasteiger partial charge on any atom is 0.132 e. The number of phenols is 1. The van der Waals surface area contributed by atoms with Crippen LogP contribution >= 0.6 is 11.8 Å². The first-order valence-electron chi connectivity index (χ1n) is 12.5. The third-order valence-electron chi connectivity index (χ3n) is 6.68. The van der Waals surface area contributed by atoms with E-state index in [0.29, 0.717) is 11.5 Å². The highest BCUT2D eigenvalue weighted by Gasteiger charge is 2.32. The molecule has 0 aromatic heterocycles.